The van der Waals surface area contributed by atoms with Gasteiger partial charge >= 0.3 is 0 Å². The van der Waals surface area contributed by atoms with Crippen molar-refractivity contribution in [3.8, 4) is 0 Å². The molecule has 2 aliphatic rings. The van der Waals surface area contributed by atoms with Gasteiger partial charge in [0.2, 0.25) is 11.7 Å². The summed E-state index contributed by atoms with van der Waals surface area (Å²) in [6.45, 7) is 1.77. The average Bonchev–Trinajstić information content (AvgIpc) is 3.11. The van der Waals surface area contributed by atoms with Crippen LogP contribution in [0.15, 0.2) is 12.1 Å². The second-order valence-corrected chi connectivity index (χ2v) is 6.77. The fraction of sp³-hybridized carbons (Fsp3) is 0.412. The maximum atomic E-state index is 13.9. The predicted molar refractivity (Wildman–Crippen MR) is 87.8 cm³/mol. The molecule has 0 bridgehead atoms. The molecule has 0 aliphatic carbocycles. The number of hydrogen-bond acceptors (Lipinski definition) is 4. The molecule has 2 N–H and O–H groups in total. The first kappa shape index (κ1) is 17.5. The first-order valence-electron chi connectivity index (χ1n) is 8.53. The van der Waals surface area contributed by atoms with E-state index in [0.29, 0.717) is 11.6 Å². The first-order valence-corrected chi connectivity index (χ1v) is 8.53. The SMILES string of the molecule is C[C@H]1C[C@@H](F)c2nc(C(=O)N[C@H]3CCc4cc(F)cc(F)c4NC3=O)nn21. The van der Waals surface area contributed by atoms with Crippen molar-refractivity contribution in [3.63, 3.8) is 0 Å². The number of aromatic nitrogens is 3. The van der Waals surface area contributed by atoms with Crippen LogP contribution in [0.3, 0.4) is 0 Å². The topological polar surface area (TPSA) is 88.9 Å². The van der Waals surface area contributed by atoms with Gasteiger partial charge in [0.15, 0.2) is 12.0 Å². The van der Waals surface area contributed by atoms with Gasteiger partial charge in [0.05, 0.1) is 11.7 Å². The number of rotatable bonds is 2. The molecule has 3 heterocycles. The van der Waals surface area contributed by atoms with Gasteiger partial charge in [-0.15, -0.1) is 5.10 Å². The molecule has 2 aromatic rings. The number of anilines is 1. The van der Waals surface area contributed by atoms with E-state index in [1.807, 2.05) is 0 Å². The number of amides is 2. The zero-order valence-electron chi connectivity index (χ0n) is 14.3. The molecule has 4 rings (SSSR count). The van der Waals surface area contributed by atoms with Crippen molar-refractivity contribution in [3.05, 3.63) is 41.0 Å². The summed E-state index contributed by atoms with van der Waals surface area (Å²) in [6.07, 6.45) is -0.710. The molecule has 1 aromatic carbocycles. The second kappa shape index (κ2) is 6.36. The molecular formula is C17H16F3N5O2. The summed E-state index contributed by atoms with van der Waals surface area (Å²) in [5, 5.41) is 8.87. The number of hydrogen-bond donors (Lipinski definition) is 2. The van der Waals surface area contributed by atoms with Crippen molar-refractivity contribution in [2.45, 2.75) is 44.4 Å². The normalized spacial score (nSPS) is 24.0. The maximum absolute atomic E-state index is 13.9. The lowest BCUT2D eigenvalue weighted by atomic mass is 10.1. The number of halogens is 3. The van der Waals surface area contributed by atoms with Crippen LogP contribution in [0.25, 0.3) is 0 Å². The lowest BCUT2D eigenvalue weighted by Crippen LogP contribution is -2.43. The highest BCUT2D eigenvalue weighted by Gasteiger charge is 2.34. The minimum Gasteiger partial charge on any atom is -0.337 e. The van der Waals surface area contributed by atoms with Crippen molar-refractivity contribution in [1.29, 1.82) is 0 Å². The smallest absolute Gasteiger partial charge is 0.291 e. The Kier molecular flexibility index (Phi) is 4.12. The zero-order valence-corrected chi connectivity index (χ0v) is 14.3. The summed E-state index contributed by atoms with van der Waals surface area (Å²) in [5.74, 6) is -3.12. The van der Waals surface area contributed by atoms with E-state index in [1.54, 1.807) is 6.92 Å². The number of carbonyl (C=O) groups excluding carboxylic acids is 2. The summed E-state index contributed by atoms with van der Waals surface area (Å²) >= 11 is 0. The van der Waals surface area contributed by atoms with Gasteiger partial charge in [-0.05, 0) is 31.4 Å². The molecule has 3 atom stereocenters. The number of alkyl halides is 1. The quantitative estimate of drug-likeness (QED) is 0.837. The predicted octanol–water partition coefficient (Wildman–Crippen LogP) is 2.21. The number of fused-ring (bicyclic) bond motifs is 2. The molecule has 27 heavy (non-hydrogen) atoms. The van der Waals surface area contributed by atoms with Gasteiger partial charge in [0, 0.05) is 12.5 Å². The molecule has 0 fully saturated rings. The standard InChI is InChI=1S/C17H16F3N5O2/c1-7-4-11(20)15-23-14(24-25(7)15)17(27)21-12-3-2-8-5-9(18)6-10(19)13(8)22-16(12)26/h5-7,11-12H,2-4H2,1H3,(H,21,27)(H,22,26)/t7-,11+,12-/m0/s1. The molecular weight excluding hydrogens is 363 g/mol. The largest absolute Gasteiger partial charge is 0.337 e. The molecule has 7 nitrogen and oxygen atoms in total. The Labute approximate surface area is 152 Å². The van der Waals surface area contributed by atoms with E-state index in [-0.39, 0.29) is 42.6 Å². The summed E-state index contributed by atoms with van der Waals surface area (Å²) in [7, 11) is 0. The fourth-order valence-electron chi connectivity index (χ4n) is 3.44. The third kappa shape index (κ3) is 3.04. The van der Waals surface area contributed by atoms with Crippen LogP contribution in [0.2, 0.25) is 0 Å². The van der Waals surface area contributed by atoms with E-state index in [0.717, 1.165) is 6.07 Å². The van der Waals surface area contributed by atoms with Crippen LogP contribution < -0.4 is 10.6 Å². The van der Waals surface area contributed by atoms with Crippen LogP contribution in [-0.4, -0.2) is 32.6 Å². The van der Waals surface area contributed by atoms with Gasteiger partial charge in [0.25, 0.3) is 5.91 Å². The first-order chi connectivity index (χ1) is 12.8. The van der Waals surface area contributed by atoms with Crippen molar-refractivity contribution in [2.75, 3.05) is 5.32 Å². The zero-order chi connectivity index (χ0) is 19.3. The molecule has 0 saturated carbocycles. The van der Waals surface area contributed by atoms with Crippen molar-refractivity contribution >= 4 is 17.5 Å². The Balaban J connectivity index is 1.51. The lowest BCUT2D eigenvalue weighted by Gasteiger charge is -2.14. The van der Waals surface area contributed by atoms with E-state index in [9.17, 15) is 22.8 Å². The van der Waals surface area contributed by atoms with Crippen molar-refractivity contribution in [2.24, 2.45) is 0 Å². The van der Waals surface area contributed by atoms with Gasteiger partial charge in [0.1, 0.15) is 17.7 Å². The number of carbonyl (C=O) groups is 2. The van der Waals surface area contributed by atoms with E-state index in [2.05, 4.69) is 20.7 Å². The van der Waals surface area contributed by atoms with Crippen LogP contribution in [-0.2, 0) is 11.2 Å². The van der Waals surface area contributed by atoms with Crippen molar-refractivity contribution < 1.29 is 22.8 Å². The summed E-state index contributed by atoms with van der Waals surface area (Å²) < 4.78 is 42.5. The third-order valence-corrected chi connectivity index (χ3v) is 4.82. The average molecular weight is 379 g/mol. The fourth-order valence-corrected chi connectivity index (χ4v) is 3.44. The highest BCUT2D eigenvalue weighted by molar-refractivity contribution is 6.00. The van der Waals surface area contributed by atoms with Crippen LogP contribution >= 0.6 is 0 Å². The molecule has 1 aromatic heterocycles. The summed E-state index contributed by atoms with van der Waals surface area (Å²) in [5.41, 5.74) is 0.220. The molecule has 0 radical (unpaired) electrons. The highest BCUT2D eigenvalue weighted by Crippen LogP contribution is 2.34. The molecule has 2 amide bonds. The monoisotopic (exact) mass is 379 g/mol. The second-order valence-electron chi connectivity index (χ2n) is 6.77. The Morgan fingerprint density at radius 3 is 2.89 bits per heavy atom. The van der Waals surface area contributed by atoms with Crippen LogP contribution in [0, 0.1) is 11.6 Å². The Morgan fingerprint density at radius 1 is 1.37 bits per heavy atom. The molecule has 0 spiro atoms. The van der Waals surface area contributed by atoms with Gasteiger partial charge in [-0.1, -0.05) is 0 Å². The Morgan fingerprint density at radius 2 is 2.15 bits per heavy atom. The number of nitrogens with zero attached hydrogens (tertiary/aromatic N) is 3. The van der Waals surface area contributed by atoms with Gasteiger partial charge in [-0.3, -0.25) is 9.59 Å². The lowest BCUT2D eigenvalue weighted by molar-refractivity contribution is -0.118. The number of benzene rings is 1. The van der Waals surface area contributed by atoms with Crippen LogP contribution in [0.5, 0.6) is 0 Å². The number of nitrogens with one attached hydrogen (secondary N) is 2. The number of aryl methyl sites for hydroxylation is 1. The van der Waals surface area contributed by atoms with Crippen LogP contribution in [0.1, 0.15) is 54.0 Å². The van der Waals surface area contributed by atoms with E-state index in [4.69, 9.17) is 0 Å². The Bertz CT molecular complexity index is 919. The Hall–Kier alpha value is -2.91. The van der Waals surface area contributed by atoms with Gasteiger partial charge < -0.3 is 10.6 Å². The third-order valence-electron chi connectivity index (χ3n) is 4.82. The summed E-state index contributed by atoms with van der Waals surface area (Å²) in [6, 6.07) is 0.637. The highest BCUT2D eigenvalue weighted by atomic mass is 19.1. The van der Waals surface area contributed by atoms with E-state index in [1.165, 1.54) is 4.68 Å². The molecule has 0 saturated heterocycles. The van der Waals surface area contributed by atoms with Crippen molar-refractivity contribution in [1.82, 2.24) is 20.1 Å². The van der Waals surface area contributed by atoms with E-state index < -0.39 is 35.7 Å². The minimum atomic E-state index is -1.29. The minimum absolute atomic E-state index is 0.0860. The summed E-state index contributed by atoms with van der Waals surface area (Å²) in [4.78, 5) is 28.7. The van der Waals surface area contributed by atoms with Crippen LogP contribution in [0.4, 0.5) is 18.9 Å². The van der Waals surface area contributed by atoms with Gasteiger partial charge in [-0.25, -0.2) is 22.8 Å². The molecule has 142 valence electrons. The molecule has 10 heteroatoms. The molecule has 0 unspecified atom stereocenters. The van der Waals surface area contributed by atoms with E-state index >= 15 is 0 Å². The maximum Gasteiger partial charge on any atom is 0.291 e. The molecule has 2 aliphatic heterocycles. The van der Waals surface area contributed by atoms with Gasteiger partial charge in [-0.2, -0.15) is 0 Å².